The maximum atomic E-state index is 12.5. The molecule has 1 atom stereocenters. The first-order valence-electron chi connectivity index (χ1n) is 6.47. The summed E-state index contributed by atoms with van der Waals surface area (Å²) < 4.78 is 57.6. The molecule has 0 heterocycles. The zero-order valence-corrected chi connectivity index (χ0v) is 11.9. The molecular weight excluding hydrogens is 308 g/mol. The van der Waals surface area contributed by atoms with E-state index in [1.165, 1.54) is 6.08 Å². The van der Waals surface area contributed by atoms with Gasteiger partial charge < -0.3 is 9.47 Å². The minimum atomic E-state index is -4.38. The van der Waals surface area contributed by atoms with E-state index in [1.54, 1.807) is 6.08 Å². The number of ether oxygens (including phenoxy) is 2. The molecule has 0 N–H and O–H groups in total. The molecule has 0 aliphatic heterocycles. The molecule has 0 aliphatic carbocycles. The van der Waals surface area contributed by atoms with E-state index in [1.807, 2.05) is 0 Å². The summed E-state index contributed by atoms with van der Waals surface area (Å²) in [5.41, 5.74) is 0. The van der Waals surface area contributed by atoms with Crippen molar-refractivity contribution in [2.75, 3.05) is 6.61 Å². The molecule has 126 valence electrons. The lowest BCUT2D eigenvalue weighted by Crippen LogP contribution is -2.33. The van der Waals surface area contributed by atoms with Crippen molar-refractivity contribution in [1.29, 1.82) is 0 Å². The molecule has 8 heteroatoms. The molecule has 0 amide bonds. The van der Waals surface area contributed by atoms with E-state index in [9.17, 15) is 27.2 Å². The van der Waals surface area contributed by atoms with Crippen LogP contribution in [0.25, 0.3) is 0 Å². The zero-order chi connectivity index (χ0) is 17.2. The molecule has 0 aromatic rings. The number of hydrogen-bond acceptors (Lipinski definition) is 4. The lowest BCUT2D eigenvalue weighted by atomic mass is 10.2. The SMILES string of the molecule is C=CCC(C=C)OC(=O)CCCC(=O)OCC(F)(F)C(F)F. The van der Waals surface area contributed by atoms with Crippen LogP contribution in [-0.2, 0) is 19.1 Å². The van der Waals surface area contributed by atoms with Crippen molar-refractivity contribution in [3.8, 4) is 0 Å². The number of halogens is 4. The van der Waals surface area contributed by atoms with Crippen LogP contribution in [0.4, 0.5) is 17.6 Å². The fourth-order valence-corrected chi connectivity index (χ4v) is 1.27. The third-order valence-electron chi connectivity index (χ3n) is 2.45. The van der Waals surface area contributed by atoms with Crippen molar-refractivity contribution in [3.63, 3.8) is 0 Å². The number of hydrogen-bond donors (Lipinski definition) is 0. The Morgan fingerprint density at radius 3 is 2.23 bits per heavy atom. The van der Waals surface area contributed by atoms with Crippen LogP contribution in [0, 0.1) is 0 Å². The van der Waals surface area contributed by atoms with Gasteiger partial charge in [0.05, 0.1) is 0 Å². The molecule has 1 unspecified atom stereocenters. The summed E-state index contributed by atoms with van der Waals surface area (Å²) in [6, 6.07) is 0. The van der Waals surface area contributed by atoms with Gasteiger partial charge >= 0.3 is 24.3 Å². The van der Waals surface area contributed by atoms with Crippen molar-refractivity contribution in [2.24, 2.45) is 0 Å². The highest BCUT2D eigenvalue weighted by molar-refractivity contribution is 5.72. The lowest BCUT2D eigenvalue weighted by molar-refractivity contribution is -0.179. The highest BCUT2D eigenvalue weighted by Crippen LogP contribution is 2.23. The Morgan fingerprint density at radius 1 is 1.14 bits per heavy atom. The summed E-state index contributed by atoms with van der Waals surface area (Å²) in [5, 5.41) is 0. The molecule has 0 aliphatic rings. The Balaban J connectivity index is 3.95. The van der Waals surface area contributed by atoms with Crippen LogP contribution >= 0.6 is 0 Å². The van der Waals surface area contributed by atoms with Crippen molar-refractivity contribution in [2.45, 2.75) is 44.1 Å². The summed E-state index contributed by atoms with van der Waals surface area (Å²) in [6.45, 7) is 5.26. The summed E-state index contributed by atoms with van der Waals surface area (Å²) >= 11 is 0. The molecule has 0 bridgehead atoms. The van der Waals surface area contributed by atoms with Crippen LogP contribution in [0.3, 0.4) is 0 Å². The smallest absolute Gasteiger partial charge is 0.340 e. The van der Waals surface area contributed by atoms with E-state index < -0.39 is 37.0 Å². The third kappa shape index (κ3) is 8.43. The summed E-state index contributed by atoms with van der Waals surface area (Å²) in [7, 11) is 0. The number of esters is 2. The molecule has 0 aromatic heterocycles. The highest BCUT2D eigenvalue weighted by atomic mass is 19.3. The first kappa shape index (κ1) is 20.1. The molecule has 0 saturated heterocycles. The average molecular weight is 326 g/mol. The van der Waals surface area contributed by atoms with Gasteiger partial charge in [0.15, 0.2) is 6.61 Å². The van der Waals surface area contributed by atoms with Gasteiger partial charge in [0, 0.05) is 19.3 Å². The molecular formula is C14H18F4O4. The second-order valence-electron chi connectivity index (χ2n) is 4.36. The van der Waals surface area contributed by atoms with Crippen molar-refractivity contribution in [3.05, 3.63) is 25.3 Å². The third-order valence-corrected chi connectivity index (χ3v) is 2.45. The van der Waals surface area contributed by atoms with E-state index in [4.69, 9.17) is 4.74 Å². The maximum Gasteiger partial charge on any atom is 0.340 e. The normalized spacial score (nSPS) is 12.6. The quantitative estimate of drug-likeness (QED) is 0.332. The Hall–Kier alpha value is -1.86. The Kier molecular flexibility index (Phi) is 9.12. The van der Waals surface area contributed by atoms with Crippen LogP contribution in [0.5, 0.6) is 0 Å². The Morgan fingerprint density at radius 2 is 1.73 bits per heavy atom. The lowest BCUT2D eigenvalue weighted by Gasteiger charge is -2.15. The Bertz CT molecular complexity index is 396. The van der Waals surface area contributed by atoms with Gasteiger partial charge in [-0.25, -0.2) is 8.78 Å². The van der Waals surface area contributed by atoms with Crippen LogP contribution in [0.2, 0.25) is 0 Å². The van der Waals surface area contributed by atoms with E-state index in [-0.39, 0.29) is 19.3 Å². The second-order valence-corrected chi connectivity index (χ2v) is 4.36. The maximum absolute atomic E-state index is 12.5. The summed E-state index contributed by atoms with van der Waals surface area (Å²) in [5.74, 6) is -6.06. The number of carbonyl (C=O) groups excluding carboxylic acids is 2. The van der Waals surface area contributed by atoms with E-state index in [2.05, 4.69) is 17.9 Å². The second kappa shape index (κ2) is 9.97. The average Bonchev–Trinajstić information content (AvgIpc) is 2.44. The molecule has 0 radical (unpaired) electrons. The van der Waals surface area contributed by atoms with Gasteiger partial charge in [-0.2, -0.15) is 8.78 Å². The van der Waals surface area contributed by atoms with Crippen molar-refractivity contribution in [1.82, 2.24) is 0 Å². The number of rotatable bonds is 11. The molecule has 0 aromatic carbocycles. The highest BCUT2D eigenvalue weighted by Gasteiger charge is 2.42. The van der Waals surface area contributed by atoms with Gasteiger partial charge in [-0.3, -0.25) is 9.59 Å². The van der Waals surface area contributed by atoms with Gasteiger partial charge in [0.25, 0.3) is 0 Å². The van der Waals surface area contributed by atoms with E-state index in [0.29, 0.717) is 6.42 Å². The predicted molar refractivity (Wildman–Crippen MR) is 70.7 cm³/mol. The monoisotopic (exact) mass is 326 g/mol. The number of carbonyl (C=O) groups is 2. The van der Waals surface area contributed by atoms with Gasteiger partial charge in [0.1, 0.15) is 6.10 Å². The van der Waals surface area contributed by atoms with Gasteiger partial charge in [-0.1, -0.05) is 18.7 Å². The van der Waals surface area contributed by atoms with Crippen LogP contribution in [-0.4, -0.2) is 37.0 Å². The first-order valence-corrected chi connectivity index (χ1v) is 6.47. The Labute approximate surface area is 125 Å². The van der Waals surface area contributed by atoms with E-state index in [0.717, 1.165) is 0 Å². The molecule has 0 spiro atoms. The zero-order valence-electron chi connectivity index (χ0n) is 11.9. The largest absolute Gasteiger partial charge is 0.459 e. The topological polar surface area (TPSA) is 52.6 Å². The first-order chi connectivity index (χ1) is 10.2. The van der Waals surface area contributed by atoms with Crippen LogP contribution < -0.4 is 0 Å². The van der Waals surface area contributed by atoms with Crippen molar-refractivity contribution < 1.29 is 36.6 Å². The standard InChI is InChI=1S/C14H18F4O4/c1-3-6-10(4-2)22-12(20)8-5-7-11(19)21-9-14(17,18)13(15)16/h3-4,10,13H,1-2,5-9H2. The van der Waals surface area contributed by atoms with Gasteiger partial charge in [-0.15, -0.1) is 6.58 Å². The number of alkyl halides is 4. The molecule has 0 rings (SSSR count). The predicted octanol–water partition coefficient (Wildman–Crippen LogP) is 3.27. The minimum Gasteiger partial charge on any atom is -0.459 e. The van der Waals surface area contributed by atoms with Gasteiger partial charge in [0.2, 0.25) is 0 Å². The van der Waals surface area contributed by atoms with Crippen LogP contribution in [0.1, 0.15) is 25.7 Å². The summed E-state index contributed by atoms with van der Waals surface area (Å²) in [4.78, 5) is 22.5. The van der Waals surface area contributed by atoms with Crippen LogP contribution in [0.15, 0.2) is 25.3 Å². The molecule has 0 saturated carbocycles. The molecule has 0 fully saturated rings. The van der Waals surface area contributed by atoms with Gasteiger partial charge in [-0.05, 0) is 6.42 Å². The fourth-order valence-electron chi connectivity index (χ4n) is 1.27. The molecule has 4 nitrogen and oxygen atoms in total. The summed E-state index contributed by atoms with van der Waals surface area (Å²) in [6.07, 6.45) is -1.58. The van der Waals surface area contributed by atoms with Crippen molar-refractivity contribution >= 4 is 11.9 Å². The van der Waals surface area contributed by atoms with E-state index >= 15 is 0 Å². The fraction of sp³-hybridized carbons (Fsp3) is 0.571. The molecule has 22 heavy (non-hydrogen) atoms. The minimum absolute atomic E-state index is 0.00410.